The van der Waals surface area contributed by atoms with Crippen molar-refractivity contribution in [3.8, 4) is 11.5 Å². The Morgan fingerprint density at radius 1 is 0.500 bits per heavy atom. The Hall–Kier alpha value is -5.46. The van der Waals surface area contributed by atoms with Crippen LogP contribution < -0.4 is 9.47 Å². The third-order valence-electron chi connectivity index (χ3n) is 9.45. The highest BCUT2D eigenvalue weighted by Gasteiger charge is 2.51. The van der Waals surface area contributed by atoms with Gasteiger partial charge >= 0.3 is 11.9 Å². The van der Waals surface area contributed by atoms with Crippen LogP contribution in [0.25, 0.3) is 0 Å². The van der Waals surface area contributed by atoms with Gasteiger partial charge in [-0.15, -0.1) is 0 Å². The molecule has 6 rings (SSSR count). The number of azo groups is 2. The molecule has 2 saturated heterocycles. The van der Waals surface area contributed by atoms with Crippen molar-refractivity contribution in [2.45, 2.75) is 89.6 Å². The van der Waals surface area contributed by atoms with E-state index in [0.717, 1.165) is 24.3 Å². The predicted octanol–water partition coefficient (Wildman–Crippen LogP) is 11.0. The lowest BCUT2D eigenvalue weighted by molar-refractivity contribution is -0.0287. The van der Waals surface area contributed by atoms with Crippen LogP contribution in [0.15, 0.2) is 118 Å². The SMILES string of the molecule is CCCCCCOc1ccc(N=Nc2ccc(C(=O)O[C@@H]3CO[C@H]4[C@@H]3OC[C@H]4OC(=O)c3ccc(N=Nc4ccc(OCCCCCC)cc4)cc3)cc2)cc1. The lowest BCUT2D eigenvalue weighted by atomic mass is 10.1. The Balaban J connectivity index is 0.920. The van der Waals surface area contributed by atoms with Gasteiger partial charge in [-0.3, -0.25) is 0 Å². The quantitative estimate of drug-likeness (QED) is 0.0492. The molecular weight excluding hydrogens is 713 g/mol. The van der Waals surface area contributed by atoms with Crippen LogP contribution in [0.4, 0.5) is 22.7 Å². The molecule has 0 amide bonds. The molecule has 0 N–H and O–H groups in total. The van der Waals surface area contributed by atoms with Gasteiger partial charge in [-0.1, -0.05) is 52.4 Å². The van der Waals surface area contributed by atoms with E-state index in [0.29, 0.717) is 47.1 Å². The van der Waals surface area contributed by atoms with Crippen molar-refractivity contribution < 1.29 is 38.0 Å². The third-order valence-corrected chi connectivity index (χ3v) is 9.45. The van der Waals surface area contributed by atoms with Crippen LogP contribution in [0.5, 0.6) is 11.5 Å². The second-order valence-electron chi connectivity index (χ2n) is 13.8. The van der Waals surface area contributed by atoms with E-state index in [9.17, 15) is 9.59 Å². The summed E-state index contributed by atoms with van der Waals surface area (Å²) < 4.78 is 34.9. The smallest absolute Gasteiger partial charge is 0.338 e. The van der Waals surface area contributed by atoms with E-state index in [-0.39, 0.29) is 13.2 Å². The zero-order valence-electron chi connectivity index (χ0n) is 32.1. The average molecular weight is 763 g/mol. The lowest BCUT2D eigenvalue weighted by Crippen LogP contribution is -2.36. The minimum atomic E-state index is -0.650. The fourth-order valence-electron chi connectivity index (χ4n) is 6.26. The van der Waals surface area contributed by atoms with Crippen molar-refractivity contribution in [3.05, 3.63) is 108 Å². The van der Waals surface area contributed by atoms with Gasteiger partial charge in [-0.2, -0.15) is 20.5 Å². The summed E-state index contributed by atoms with van der Waals surface area (Å²) in [6.45, 7) is 6.03. The molecule has 0 aromatic heterocycles. The number of ether oxygens (including phenoxy) is 6. The molecule has 2 aliphatic rings. The van der Waals surface area contributed by atoms with Gasteiger partial charge in [0.05, 0.1) is 60.3 Å². The van der Waals surface area contributed by atoms with Crippen molar-refractivity contribution in [2.24, 2.45) is 20.5 Å². The number of esters is 2. The minimum absolute atomic E-state index is 0.124. The minimum Gasteiger partial charge on any atom is -0.494 e. The van der Waals surface area contributed by atoms with Gasteiger partial charge in [0.25, 0.3) is 0 Å². The van der Waals surface area contributed by atoms with Crippen LogP contribution in [0.3, 0.4) is 0 Å². The second-order valence-corrected chi connectivity index (χ2v) is 13.8. The van der Waals surface area contributed by atoms with Crippen LogP contribution in [-0.2, 0) is 18.9 Å². The molecule has 4 aromatic carbocycles. The van der Waals surface area contributed by atoms with E-state index in [1.165, 1.54) is 38.5 Å². The van der Waals surface area contributed by atoms with Gasteiger partial charge in [0.1, 0.15) is 23.7 Å². The van der Waals surface area contributed by atoms with Crippen molar-refractivity contribution in [2.75, 3.05) is 26.4 Å². The monoisotopic (exact) mass is 762 g/mol. The van der Waals surface area contributed by atoms with E-state index in [2.05, 4.69) is 34.3 Å². The van der Waals surface area contributed by atoms with Gasteiger partial charge in [0, 0.05) is 0 Å². The first-order valence-corrected chi connectivity index (χ1v) is 19.6. The standard InChI is InChI=1S/C44H50N4O8/c1-3-5-7-9-27-51-37-23-19-35(20-24-37)47-45-33-15-11-31(12-16-33)43(49)55-39-29-53-42-40(30-54-41(39)42)56-44(50)32-13-17-34(18-14-32)46-48-36-21-25-38(26-22-36)52-28-10-8-6-4-2/h11-26,39-42H,3-10,27-30H2,1-2H3/t39-,40-,41-,42-/m1/s1. The highest BCUT2D eigenvalue weighted by atomic mass is 16.7. The summed E-state index contributed by atoms with van der Waals surface area (Å²) in [6.07, 6.45) is 6.84. The average Bonchev–Trinajstić information content (AvgIpc) is 3.83. The number of hydrogen-bond acceptors (Lipinski definition) is 12. The molecule has 2 fully saturated rings. The van der Waals surface area contributed by atoms with Crippen LogP contribution in [0.1, 0.15) is 85.9 Å². The molecule has 294 valence electrons. The number of carbonyl (C=O) groups excluding carboxylic acids is 2. The van der Waals surface area contributed by atoms with E-state index < -0.39 is 36.4 Å². The maximum atomic E-state index is 13.0. The lowest BCUT2D eigenvalue weighted by Gasteiger charge is -2.17. The number of hydrogen-bond donors (Lipinski definition) is 0. The van der Waals surface area contributed by atoms with Crippen molar-refractivity contribution in [3.63, 3.8) is 0 Å². The first-order chi connectivity index (χ1) is 27.5. The maximum Gasteiger partial charge on any atom is 0.338 e. The molecule has 2 aliphatic heterocycles. The molecule has 4 atom stereocenters. The fourth-order valence-corrected chi connectivity index (χ4v) is 6.26. The first-order valence-electron chi connectivity index (χ1n) is 19.6. The van der Waals surface area contributed by atoms with Crippen molar-refractivity contribution >= 4 is 34.7 Å². The van der Waals surface area contributed by atoms with E-state index in [1.807, 2.05) is 48.5 Å². The normalized spacial score (nSPS) is 19.0. The number of nitrogens with zero attached hydrogens (tertiary/aromatic N) is 4. The van der Waals surface area contributed by atoms with E-state index >= 15 is 0 Å². The van der Waals surface area contributed by atoms with Gasteiger partial charge in [-0.25, -0.2) is 9.59 Å². The van der Waals surface area contributed by atoms with Crippen LogP contribution in [0, 0.1) is 0 Å². The zero-order valence-corrected chi connectivity index (χ0v) is 32.1. The topological polar surface area (TPSA) is 139 Å². The van der Waals surface area contributed by atoms with Gasteiger partial charge in [-0.05, 0) is 110 Å². The summed E-state index contributed by atoms with van der Waals surface area (Å²) in [6, 6.07) is 28.3. The molecule has 0 spiro atoms. The number of fused-ring (bicyclic) bond motifs is 1. The maximum absolute atomic E-state index is 13.0. The Kier molecular flexibility index (Phi) is 15.1. The zero-order chi connectivity index (χ0) is 39.0. The largest absolute Gasteiger partial charge is 0.494 e. The Morgan fingerprint density at radius 2 is 0.839 bits per heavy atom. The van der Waals surface area contributed by atoms with Crippen LogP contribution in [-0.4, -0.2) is 62.8 Å². The number of benzene rings is 4. The number of unbranched alkanes of at least 4 members (excludes halogenated alkanes) is 6. The highest BCUT2D eigenvalue weighted by Crippen LogP contribution is 2.32. The van der Waals surface area contributed by atoms with E-state index in [4.69, 9.17) is 28.4 Å². The second kappa shape index (κ2) is 21.0. The fraction of sp³-hybridized carbons (Fsp3) is 0.409. The molecule has 12 heteroatoms. The Labute approximate surface area is 328 Å². The molecule has 0 aliphatic carbocycles. The van der Waals surface area contributed by atoms with Crippen molar-refractivity contribution in [1.29, 1.82) is 0 Å². The summed E-state index contributed by atoms with van der Waals surface area (Å²) in [5, 5.41) is 17.1. The molecule has 0 unspecified atom stereocenters. The summed E-state index contributed by atoms with van der Waals surface area (Å²) >= 11 is 0. The number of carbonyl (C=O) groups is 2. The molecule has 0 bridgehead atoms. The summed E-state index contributed by atoms with van der Waals surface area (Å²) in [4.78, 5) is 26.0. The van der Waals surface area contributed by atoms with E-state index in [1.54, 1.807) is 48.5 Å². The Bertz CT molecular complexity index is 1740. The number of rotatable bonds is 20. The summed E-state index contributed by atoms with van der Waals surface area (Å²) in [7, 11) is 0. The van der Waals surface area contributed by atoms with Gasteiger partial charge in [0.2, 0.25) is 0 Å². The van der Waals surface area contributed by atoms with Crippen LogP contribution >= 0.6 is 0 Å². The summed E-state index contributed by atoms with van der Waals surface area (Å²) in [5.74, 6) is 0.573. The van der Waals surface area contributed by atoms with Gasteiger partial charge < -0.3 is 28.4 Å². The molecule has 12 nitrogen and oxygen atoms in total. The summed E-state index contributed by atoms with van der Waals surface area (Å²) in [5.41, 5.74) is 3.27. The van der Waals surface area contributed by atoms with Crippen molar-refractivity contribution in [1.82, 2.24) is 0 Å². The molecule has 0 radical (unpaired) electrons. The third kappa shape index (κ3) is 11.8. The highest BCUT2D eigenvalue weighted by molar-refractivity contribution is 5.90. The molecule has 56 heavy (non-hydrogen) atoms. The van der Waals surface area contributed by atoms with Gasteiger partial charge in [0.15, 0.2) is 12.2 Å². The molecular formula is C44H50N4O8. The van der Waals surface area contributed by atoms with Crippen LogP contribution in [0.2, 0.25) is 0 Å². The predicted molar refractivity (Wildman–Crippen MR) is 211 cm³/mol. The Morgan fingerprint density at radius 3 is 1.18 bits per heavy atom. The first kappa shape index (κ1) is 40.2. The molecule has 2 heterocycles. The molecule has 4 aromatic rings. The molecule has 0 saturated carbocycles.